The highest BCUT2D eigenvalue weighted by molar-refractivity contribution is 5.91. The molecule has 41 heavy (non-hydrogen) atoms. The van der Waals surface area contributed by atoms with Crippen molar-refractivity contribution in [2.75, 3.05) is 37.7 Å². The van der Waals surface area contributed by atoms with Gasteiger partial charge in [-0.05, 0) is 55.3 Å². The molecule has 208 valence electrons. The van der Waals surface area contributed by atoms with E-state index in [1.165, 1.54) is 12.1 Å². The first-order chi connectivity index (χ1) is 20.0. The molecule has 0 N–H and O–H groups in total. The van der Waals surface area contributed by atoms with Crippen molar-refractivity contribution < 1.29 is 13.9 Å². The standard InChI is InChI=1S/C32H31FN6O2/c1-23-30-31(38-18-8-17-37(19-20-38)29(40)22-41-27-11-6-3-7-12-27)34-28(21-24-9-4-2-5-10-24)35-32(30)39(36-23)26-15-13-25(33)14-16-26/h2-7,9-16H,8,17-22H2,1H3. The maximum Gasteiger partial charge on any atom is 0.260 e. The van der Waals surface area contributed by atoms with E-state index in [4.69, 9.17) is 19.8 Å². The predicted octanol–water partition coefficient (Wildman–Crippen LogP) is 4.97. The lowest BCUT2D eigenvalue weighted by atomic mass is 10.1. The van der Waals surface area contributed by atoms with Crippen LogP contribution >= 0.6 is 0 Å². The molecule has 0 aliphatic carbocycles. The molecule has 0 saturated carbocycles. The quantitative estimate of drug-likeness (QED) is 0.285. The van der Waals surface area contributed by atoms with Gasteiger partial charge in [-0.15, -0.1) is 0 Å². The first kappa shape index (κ1) is 26.4. The van der Waals surface area contributed by atoms with Crippen molar-refractivity contribution in [1.29, 1.82) is 0 Å². The van der Waals surface area contributed by atoms with E-state index in [0.717, 1.165) is 41.1 Å². The van der Waals surface area contributed by atoms with Crippen molar-refractivity contribution in [3.05, 3.63) is 108 Å². The average molecular weight is 551 g/mol. The Bertz CT molecular complexity index is 1640. The van der Waals surface area contributed by atoms with Gasteiger partial charge in [0.25, 0.3) is 5.91 Å². The molecule has 3 aromatic carbocycles. The number of aryl methyl sites for hydroxylation is 1. The fourth-order valence-electron chi connectivity index (χ4n) is 5.19. The number of para-hydroxylation sites is 1. The summed E-state index contributed by atoms with van der Waals surface area (Å²) < 4.78 is 21.2. The van der Waals surface area contributed by atoms with Crippen LogP contribution in [-0.2, 0) is 11.2 Å². The van der Waals surface area contributed by atoms with E-state index >= 15 is 0 Å². The molecule has 1 fully saturated rings. The first-order valence-corrected chi connectivity index (χ1v) is 13.8. The second kappa shape index (κ2) is 11.8. The molecule has 0 radical (unpaired) electrons. The van der Waals surface area contributed by atoms with Gasteiger partial charge in [0.1, 0.15) is 23.2 Å². The molecule has 0 unspecified atom stereocenters. The third-order valence-corrected chi connectivity index (χ3v) is 7.26. The molecular formula is C32H31FN6O2. The summed E-state index contributed by atoms with van der Waals surface area (Å²) in [7, 11) is 0. The van der Waals surface area contributed by atoms with E-state index in [2.05, 4.69) is 17.0 Å². The molecule has 2 aromatic heterocycles. The number of aromatic nitrogens is 4. The Labute approximate surface area is 238 Å². The van der Waals surface area contributed by atoms with Crippen LogP contribution in [0.15, 0.2) is 84.9 Å². The van der Waals surface area contributed by atoms with Gasteiger partial charge in [0.2, 0.25) is 0 Å². The molecule has 3 heterocycles. The van der Waals surface area contributed by atoms with Gasteiger partial charge in [-0.3, -0.25) is 4.79 Å². The predicted molar refractivity (Wildman–Crippen MR) is 156 cm³/mol. The van der Waals surface area contributed by atoms with Gasteiger partial charge in [0.05, 0.1) is 16.8 Å². The van der Waals surface area contributed by atoms with Gasteiger partial charge in [-0.2, -0.15) is 5.10 Å². The van der Waals surface area contributed by atoms with Crippen molar-refractivity contribution in [3.8, 4) is 11.4 Å². The van der Waals surface area contributed by atoms with Gasteiger partial charge in [-0.1, -0.05) is 48.5 Å². The second-order valence-electron chi connectivity index (χ2n) is 10.1. The lowest BCUT2D eigenvalue weighted by molar-refractivity contribution is -0.133. The van der Waals surface area contributed by atoms with E-state index < -0.39 is 0 Å². The number of halogens is 1. The van der Waals surface area contributed by atoms with E-state index in [1.54, 1.807) is 16.8 Å². The SMILES string of the molecule is Cc1nn(-c2ccc(F)cc2)c2nc(Cc3ccccc3)nc(N3CCCN(C(=O)COc4ccccc4)CC3)c12. The number of amides is 1. The van der Waals surface area contributed by atoms with E-state index in [-0.39, 0.29) is 18.3 Å². The molecule has 0 atom stereocenters. The Kier molecular flexibility index (Phi) is 7.58. The lowest BCUT2D eigenvalue weighted by Gasteiger charge is -2.24. The van der Waals surface area contributed by atoms with Gasteiger partial charge in [0, 0.05) is 32.6 Å². The van der Waals surface area contributed by atoms with Gasteiger partial charge in [-0.25, -0.2) is 19.0 Å². The molecule has 1 aliphatic rings. The number of carbonyl (C=O) groups excluding carboxylic acids is 1. The monoisotopic (exact) mass is 550 g/mol. The van der Waals surface area contributed by atoms with Crippen molar-refractivity contribution in [2.45, 2.75) is 19.8 Å². The second-order valence-corrected chi connectivity index (χ2v) is 10.1. The van der Waals surface area contributed by atoms with Crippen LogP contribution in [-0.4, -0.2) is 63.3 Å². The maximum absolute atomic E-state index is 13.7. The van der Waals surface area contributed by atoms with Crippen molar-refractivity contribution >= 4 is 22.8 Å². The zero-order valence-electron chi connectivity index (χ0n) is 22.9. The average Bonchev–Trinajstić information content (AvgIpc) is 3.16. The van der Waals surface area contributed by atoms with Crippen LogP contribution in [0.5, 0.6) is 5.75 Å². The molecule has 1 aliphatic heterocycles. The fraction of sp³-hybridized carbons (Fsp3) is 0.250. The minimum atomic E-state index is -0.306. The Hall–Kier alpha value is -4.79. The number of anilines is 1. The number of fused-ring (bicyclic) bond motifs is 1. The van der Waals surface area contributed by atoms with Gasteiger partial charge < -0.3 is 14.5 Å². The van der Waals surface area contributed by atoms with Crippen LogP contribution in [0.25, 0.3) is 16.7 Å². The summed E-state index contributed by atoms with van der Waals surface area (Å²) in [6.07, 6.45) is 1.36. The molecule has 1 amide bonds. The van der Waals surface area contributed by atoms with Gasteiger partial charge in [0.15, 0.2) is 12.3 Å². The molecule has 5 aromatic rings. The number of nitrogens with zero attached hydrogens (tertiary/aromatic N) is 6. The number of carbonyl (C=O) groups is 1. The number of benzene rings is 3. The minimum Gasteiger partial charge on any atom is -0.484 e. The summed E-state index contributed by atoms with van der Waals surface area (Å²) in [4.78, 5) is 27.1. The van der Waals surface area contributed by atoms with Crippen LogP contribution in [0, 0.1) is 12.7 Å². The van der Waals surface area contributed by atoms with Crippen LogP contribution in [0.4, 0.5) is 10.2 Å². The number of ether oxygens (including phenoxy) is 1. The zero-order chi connectivity index (χ0) is 28.2. The Morgan fingerprint density at radius 1 is 0.878 bits per heavy atom. The van der Waals surface area contributed by atoms with Crippen LogP contribution in [0.2, 0.25) is 0 Å². The van der Waals surface area contributed by atoms with E-state index in [9.17, 15) is 9.18 Å². The van der Waals surface area contributed by atoms with Gasteiger partial charge >= 0.3 is 0 Å². The topological polar surface area (TPSA) is 76.4 Å². The molecular weight excluding hydrogens is 519 g/mol. The largest absolute Gasteiger partial charge is 0.484 e. The Balaban J connectivity index is 1.30. The molecule has 0 spiro atoms. The number of rotatable bonds is 7. The summed E-state index contributed by atoms with van der Waals surface area (Å²) in [6.45, 7) is 4.51. The van der Waals surface area contributed by atoms with Crippen LogP contribution in [0.3, 0.4) is 0 Å². The molecule has 9 heteroatoms. The zero-order valence-corrected chi connectivity index (χ0v) is 22.9. The smallest absolute Gasteiger partial charge is 0.260 e. The minimum absolute atomic E-state index is 0.00649. The third kappa shape index (κ3) is 5.89. The number of hydrogen-bond donors (Lipinski definition) is 0. The molecule has 6 rings (SSSR count). The van der Waals surface area contributed by atoms with Crippen molar-refractivity contribution in [2.24, 2.45) is 0 Å². The summed E-state index contributed by atoms with van der Waals surface area (Å²) in [6, 6.07) is 25.7. The molecule has 8 nitrogen and oxygen atoms in total. The Morgan fingerprint density at radius 2 is 1.61 bits per heavy atom. The van der Waals surface area contributed by atoms with Crippen LogP contribution < -0.4 is 9.64 Å². The Morgan fingerprint density at radius 3 is 2.37 bits per heavy atom. The van der Waals surface area contributed by atoms with Crippen molar-refractivity contribution in [3.63, 3.8) is 0 Å². The molecule has 0 bridgehead atoms. The molecule has 1 saturated heterocycles. The highest BCUT2D eigenvalue weighted by Crippen LogP contribution is 2.30. The summed E-state index contributed by atoms with van der Waals surface area (Å²) in [5.74, 6) is 1.82. The van der Waals surface area contributed by atoms with E-state index in [1.807, 2.05) is 60.4 Å². The normalized spacial score (nSPS) is 13.8. The third-order valence-electron chi connectivity index (χ3n) is 7.26. The van der Waals surface area contributed by atoms with Crippen LogP contribution in [0.1, 0.15) is 23.5 Å². The summed E-state index contributed by atoms with van der Waals surface area (Å²) in [5.41, 5.74) is 3.30. The highest BCUT2D eigenvalue weighted by Gasteiger charge is 2.25. The summed E-state index contributed by atoms with van der Waals surface area (Å²) in [5, 5.41) is 5.66. The lowest BCUT2D eigenvalue weighted by Crippen LogP contribution is -2.38. The van der Waals surface area contributed by atoms with Crippen molar-refractivity contribution in [1.82, 2.24) is 24.6 Å². The van der Waals surface area contributed by atoms with E-state index in [0.29, 0.717) is 43.3 Å². The first-order valence-electron chi connectivity index (χ1n) is 13.8. The highest BCUT2D eigenvalue weighted by atomic mass is 19.1. The fourth-order valence-corrected chi connectivity index (χ4v) is 5.19. The number of hydrogen-bond acceptors (Lipinski definition) is 6. The maximum atomic E-state index is 13.7. The summed E-state index contributed by atoms with van der Waals surface area (Å²) >= 11 is 0.